The van der Waals surface area contributed by atoms with Crippen molar-refractivity contribution in [3.8, 4) is 11.4 Å². The number of aryl methyl sites for hydroxylation is 2. The van der Waals surface area contributed by atoms with E-state index in [0.29, 0.717) is 0 Å². The summed E-state index contributed by atoms with van der Waals surface area (Å²) in [6.45, 7) is 9.22. The normalized spacial score (nSPS) is 14.8. The molecule has 36 heavy (non-hydrogen) atoms. The van der Waals surface area contributed by atoms with Gasteiger partial charge in [-0.3, -0.25) is 4.90 Å². The van der Waals surface area contributed by atoms with Gasteiger partial charge in [-0.2, -0.15) is 5.10 Å². The second kappa shape index (κ2) is 11.1. The first kappa shape index (κ1) is 24.3. The van der Waals surface area contributed by atoms with Crippen LogP contribution in [0.5, 0.6) is 5.75 Å². The van der Waals surface area contributed by atoms with Gasteiger partial charge in [-0.15, -0.1) is 0 Å². The molecule has 5 rings (SSSR count). The lowest BCUT2D eigenvalue weighted by molar-refractivity contribution is 0.285. The molecular formula is C29H36N6O. The first-order chi connectivity index (χ1) is 17.7. The fraction of sp³-hybridized carbons (Fsp3) is 0.414. The minimum absolute atomic E-state index is 0.885. The average Bonchev–Trinajstić information content (AvgIpc) is 3.08. The molecular weight excluding hydrogens is 448 g/mol. The molecule has 0 N–H and O–H groups in total. The summed E-state index contributed by atoms with van der Waals surface area (Å²) in [5.74, 6) is 2.85. The van der Waals surface area contributed by atoms with Crippen molar-refractivity contribution in [2.45, 2.75) is 46.1 Å². The third-order valence-electron chi connectivity index (χ3n) is 6.94. The van der Waals surface area contributed by atoms with Gasteiger partial charge < -0.3 is 9.64 Å². The van der Waals surface area contributed by atoms with Gasteiger partial charge in [0.1, 0.15) is 17.4 Å². The van der Waals surface area contributed by atoms with Gasteiger partial charge in [0.25, 0.3) is 0 Å². The number of anilines is 1. The lowest BCUT2D eigenvalue weighted by Gasteiger charge is -2.24. The number of rotatable bonds is 8. The Kier molecular flexibility index (Phi) is 7.47. The molecule has 1 aliphatic rings. The van der Waals surface area contributed by atoms with E-state index >= 15 is 0 Å². The molecule has 0 atom stereocenters. The Morgan fingerprint density at radius 3 is 2.47 bits per heavy atom. The Morgan fingerprint density at radius 1 is 0.917 bits per heavy atom. The van der Waals surface area contributed by atoms with Crippen LogP contribution < -0.4 is 9.64 Å². The molecule has 188 valence electrons. The van der Waals surface area contributed by atoms with E-state index in [2.05, 4.69) is 47.9 Å². The van der Waals surface area contributed by atoms with Crippen molar-refractivity contribution in [1.82, 2.24) is 24.6 Å². The molecule has 0 unspecified atom stereocenters. The Labute approximate surface area is 213 Å². The number of ether oxygens (including phenoxy) is 1. The van der Waals surface area contributed by atoms with Crippen LogP contribution in [0.3, 0.4) is 0 Å². The first-order valence-electron chi connectivity index (χ1n) is 13.1. The summed E-state index contributed by atoms with van der Waals surface area (Å²) in [4.78, 5) is 15.1. The molecule has 2 aromatic carbocycles. The Bertz CT molecular complexity index is 1280. The second-order valence-corrected chi connectivity index (χ2v) is 9.56. The SMILES string of the molecule is CCCCc1nc(N2CCCN(Cc3ccc(OC)cc3)CC2)c2c(C)nn(-c3ccccc3)c2n1. The Hall–Kier alpha value is -3.45. The Balaban J connectivity index is 1.44. The third-order valence-corrected chi connectivity index (χ3v) is 6.94. The monoisotopic (exact) mass is 484 g/mol. The molecule has 0 radical (unpaired) electrons. The largest absolute Gasteiger partial charge is 0.497 e. The Morgan fingerprint density at radius 2 is 1.72 bits per heavy atom. The number of benzene rings is 2. The van der Waals surface area contributed by atoms with E-state index in [1.165, 1.54) is 5.56 Å². The zero-order valence-corrected chi connectivity index (χ0v) is 21.7. The molecule has 4 aromatic rings. The number of methoxy groups -OCH3 is 1. The quantitative estimate of drug-likeness (QED) is 0.343. The van der Waals surface area contributed by atoms with Crippen molar-refractivity contribution < 1.29 is 4.74 Å². The zero-order valence-electron chi connectivity index (χ0n) is 21.7. The molecule has 0 aliphatic carbocycles. The molecule has 0 saturated carbocycles. The maximum Gasteiger partial charge on any atom is 0.168 e. The van der Waals surface area contributed by atoms with Gasteiger partial charge in [-0.25, -0.2) is 14.6 Å². The van der Waals surface area contributed by atoms with Crippen molar-refractivity contribution in [1.29, 1.82) is 0 Å². The number of fused-ring (bicyclic) bond motifs is 1. The molecule has 1 aliphatic heterocycles. The van der Waals surface area contributed by atoms with Crippen molar-refractivity contribution in [3.63, 3.8) is 0 Å². The molecule has 0 bridgehead atoms. The molecule has 2 aromatic heterocycles. The van der Waals surface area contributed by atoms with Crippen LogP contribution in [0, 0.1) is 6.92 Å². The van der Waals surface area contributed by atoms with Crippen LogP contribution in [-0.2, 0) is 13.0 Å². The predicted molar refractivity (Wildman–Crippen MR) is 145 cm³/mol. The summed E-state index contributed by atoms with van der Waals surface area (Å²) in [7, 11) is 1.71. The fourth-order valence-electron chi connectivity index (χ4n) is 4.96. The highest BCUT2D eigenvalue weighted by atomic mass is 16.5. The van der Waals surface area contributed by atoms with E-state index in [-0.39, 0.29) is 0 Å². The smallest absolute Gasteiger partial charge is 0.168 e. The van der Waals surface area contributed by atoms with E-state index in [9.17, 15) is 0 Å². The highest BCUT2D eigenvalue weighted by molar-refractivity contribution is 5.91. The van der Waals surface area contributed by atoms with Crippen LogP contribution in [0.25, 0.3) is 16.7 Å². The zero-order chi connectivity index (χ0) is 24.9. The van der Waals surface area contributed by atoms with Crippen LogP contribution >= 0.6 is 0 Å². The van der Waals surface area contributed by atoms with Gasteiger partial charge in [0.05, 0.1) is 23.9 Å². The lowest BCUT2D eigenvalue weighted by atomic mass is 10.2. The van der Waals surface area contributed by atoms with Crippen LogP contribution in [0.4, 0.5) is 5.82 Å². The van der Waals surface area contributed by atoms with Gasteiger partial charge in [-0.1, -0.05) is 43.7 Å². The lowest BCUT2D eigenvalue weighted by Crippen LogP contribution is -2.31. The number of hydrogen-bond acceptors (Lipinski definition) is 6. The van der Waals surface area contributed by atoms with E-state index in [1.807, 2.05) is 35.0 Å². The summed E-state index contributed by atoms with van der Waals surface area (Å²) in [5.41, 5.74) is 4.23. The van der Waals surface area contributed by atoms with Gasteiger partial charge in [0.15, 0.2) is 5.65 Å². The van der Waals surface area contributed by atoms with Crippen LogP contribution in [0.1, 0.15) is 43.3 Å². The highest BCUT2D eigenvalue weighted by Crippen LogP contribution is 2.30. The van der Waals surface area contributed by atoms with Gasteiger partial charge in [-0.05, 0) is 49.6 Å². The number of hydrogen-bond donors (Lipinski definition) is 0. The summed E-state index contributed by atoms with van der Waals surface area (Å²) in [6, 6.07) is 18.7. The number of nitrogens with zero attached hydrogens (tertiary/aromatic N) is 6. The average molecular weight is 485 g/mol. The minimum atomic E-state index is 0.885. The standard InChI is InChI=1S/C29H36N6O/c1-4-5-12-26-30-28(27-22(2)32-35(29(27)31-26)24-10-7-6-8-11-24)34-18-9-17-33(19-20-34)21-23-13-15-25(36-3)16-14-23/h6-8,10-11,13-16H,4-5,9,12,17-21H2,1-3H3. The number of unbranched alkanes of at least 4 members (excludes halogenated alkanes) is 1. The molecule has 0 amide bonds. The molecule has 7 heteroatoms. The minimum Gasteiger partial charge on any atom is -0.497 e. The summed E-state index contributed by atoms with van der Waals surface area (Å²) in [5, 5.41) is 5.98. The van der Waals surface area contributed by atoms with E-state index in [0.717, 1.165) is 98.2 Å². The molecule has 1 fully saturated rings. The fourth-order valence-corrected chi connectivity index (χ4v) is 4.96. The predicted octanol–water partition coefficient (Wildman–Crippen LogP) is 5.19. The van der Waals surface area contributed by atoms with Crippen LogP contribution in [-0.4, -0.2) is 57.9 Å². The van der Waals surface area contributed by atoms with E-state index in [4.69, 9.17) is 19.8 Å². The number of para-hydroxylation sites is 1. The molecule has 3 heterocycles. The topological polar surface area (TPSA) is 59.3 Å². The maximum atomic E-state index is 5.31. The van der Waals surface area contributed by atoms with Crippen molar-refractivity contribution in [2.24, 2.45) is 0 Å². The molecule has 0 spiro atoms. The molecule has 1 saturated heterocycles. The van der Waals surface area contributed by atoms with Gasteiger partial charge in [0.2, 0.25) is 0 Å². The number of aromatic nitrogens is 4. The first-order valence-corrected chi connectivity index (χ1v) is 13.1. The summed E-state index contributed by atoms with van der Waals surface area (Å²) in [6.07, 6.45) is 4.19. The third kappa shape index (κ3) is 5.21. The molecule has 7 nitrogen and oxygen atoms in total. The maximum absolute atomic E-state index is 5.31. The van der Waals surface area contributed by atoms with E-state index in [1.54, 1.807) is 7.11 Å². The van der Waals surface area contributed by atoms with Crippen molar-refractivity contribution in [3.05, 3.63) is 71.7 Å². The van der Waals surface area contributed by atoms with Gasteiger partial charge in [0, 0.05) is 39.1 Å². The summed E-state index contributed by atoms with van der Waals surface area (Å²) < 4.78 is 7.30. The second-order valence-electron chi connectivity index (χ2n) is 9.56. The van der Waals surface area contributed by atoms with Gasteiger partial charge >= 0.3 is 0 Å². The van der Waals surface area contributed by atoms with E-state index < -0.39 is 0 Å². The summed E-state index contributed by atoms with van der Waals surface area (Å²) >= 11 is 0. The van der Waals surface area contributed by atoms with Crippen LogP contribution in [0.15, 0.2) is 54.6 Å². The van der Waals surface area contributed by atoms with Crippen LogP contribution in [0.2, 0.25) is 0 Å². The highest BCUT2D eigenvalue weighted by Gasteiger charge is 2.23. The van der Waals surface area contributed by atoms with Crippen molar-refractivity contribution in [2.75, 3.05) is 38.2 Å². The van der Waals surface area contributed by atoms with Crippen molar-refractivity contribution >= 4 is 16.9 Å².